The highest BCUT2D eigenvalue weighted by atomic mass is 35.5. The van der Waals surface area contributed by atoms with Crippen LogP contribution in [0.3, 0.4) is 0 Å². The lowest BCUT2D eigenvalue weighted by atomic mass is 10.1. The van der Waals surface area contributed by atoms with Crippen LogP contribution in [0.25, 0.3) is 0 Å². The van der Waals surface area contributed by atoms with Gasteiger partial charge in [-0.3, -0.25) is 14.5 Å². The van der Waals surface area contributed by atoms with E-state index in [4.69, 9.17) is 16.8 Å². The van der Waals surface area contributed by atoms with Crippen molar-refractivity contribution in [1.29, 1.82) is 0 Å². The van der Waals surface area contributed by atoms with Gasteiger partial charge in [-0.15, -0.1) is 11.6 Å². The largest absolute Gasteiger partial charge is 0.411 e. The fourth-order valence-corrected chi connectivity index (χ4v) is 1.80. The van der Waals surface area contributed by atoms with Gasteiger partial charge in [-0.05, 0) is 12.1 Å². The highest BCUT2D eigenvalue weighted by molar-refractivity contribution is 6.30. The number of halogens is 1. The number of imide groups is 1. The Balaban J connectivity index is 2.30. The van der Waals surface area contributed by atoms with E-state index in [0.29, 0.717) is 11.1 Å². The molecule has 1 aliphatic heterocycles. The first-order valence-electron chi connectivity index (χ1n) is 4.90. The molecule has 0 aromatic heterocycles. The van der Waals surface area contributed by atoms with Crippen molar-refractivity contribution >= 4 is 29.1 Å². The molecule has 0 unspecified atom stereocenters. The fourth-order valence-electron chi connectivity index (χ4n) is 1.67. The predicted octanol–water partition coefficient (Wildman–Crippen LogP) is 1.35. The number of hydrogen-bond acceptors (Lipinski definition) is 4. The summed E-state index contributed by atoms with van der Waals surface area (Å²) in [5, 5.41) is 11.6. The molecular formula is C11H9ClN2O3. The van der Waals surface area contributed by atoms with Crippen molar-refractivity contribution in [3.05, 3.63) is 35.4 Å². The molecule has 1 aromatic rings. The molecule has 5 nitrogen and oxygen atoms in total. The van der Waals surface area contributed by atoms with Crippen LogP contribution < -0.4 is 0 Å². The topological polar surface area (TPSA) is 70.0 Å². The quantitative estimate of drug-likeness (QED) is 0.290. The van der Waals surface area contributed by atoms with Gasteiger partial charge in [0.1, 0.15) is 0 Å². The van der Waals surface area contributed by atoms with Crippen molar-refractivity contribution in [2.24, 2.45) is 5.16 Å². The van der Waals surface area contributed by atoms with Crippen molar-refractivity contribution in [3.8, 4) is 0 Å². The van der Waals surface area contributed by atoms with Gasteiger partial charge in [-0.25, -0.2) is 0 Å². The van der Waals surface area contributed by atoms with E-state index in [-0.39, 0.29) is 18.1 Å². The second-order valence-electron chi connectivity index (χ2n) is 3.54. The number of alkyl halides is 1. The lowest BCUT2D eigenvalue weighted by molar-refractivity contribution is 0.0676. The molecule has 0 spiro atoms. The average Bonchev–Trinajstić information content (AvgIpc) is 2.61. The molecule has 1 aromatic carbocycles. The van der Waals surface area contributed by atoms with Crippen molar-refractivity contribution in [2.45, 2.75) is 0 Å². The smallest absolute Gasteiger partial charge is 0.261 e. The van der Waals surface area contributed by atoms with Crippen LogP contribution >= 0.6 is 11.6 Å². The first-order valence-corrected chi connectivity index (χ1v) is 5.43. The number of carbonyl (C=O) groups excluding carboxylic acids is 2. The van der Waals surface area contributed by atoms with Crippen LogP contribution in [0.1, 0.15) is 20.7 Å². The highest BCUT2D eigenvalue weighted by Gasteiger charge is 2.35. The Morgan fingerprint density at radius 3 is 2.18 bits per heavy atom. The number of benzene rings is 1. The van der Waals surface area contributed by atoms with Crippen LogP contribution in [0.5, 0.6) is 0 Å². The SMILES string of the molecule is O=C1c2ccccc2C(=O)N1C/C(CCl)=N\O. The summed E-state index contributed by atoms with van der Waals surface area (Å²) in [5.74, 6) is -0.821. The summed E-state index contributed by atoms with van der Waals surface area (Å²) in [4.78, 5) is 24.8. The summed E-state index contributed by atoms with van der Waals surface area (Å²) in [6.07, 6.45) is 0. The minimum Gasteiger partial charge on any atom is -0.411 e. The van der Waals surface area contributed by atoms with Crippen molar-refractivity contribution in [3.63, 3.8) is 0 Å². The van der Waals surface area contributed by atoms with E-state index < -0.39 is 11.8 Å². The summed E-state index contributed by atoms with van der Waals surface area (Å²) < 4.78 is 0. The van der Waals surface area contributed by atoms with Gasteiger partial charge in [0.05, 0.1) is 29.3 Å². The molecule has 1 aliphatic rings. The second-order valence-corrected chi connectivity index (χ2v) is 3.81. The van der Waals surface area contributed by atoms with Gasteiger partial charge in [0, 0.05) is 0 Å². The molecule has 0 saturated carbocycles. The molecule has 2 amide bonds. The molecule has 0 aliphatic carbocycles. The zero-order valence-electron chi connectivity index (χ0n) is 8.76. The Morgan fingerprint density at radius 2 is 1.76 bits per heavy atom. The second kappa shape index (κ2) is 4.55. The molecule has 0 atom stereocenters. The molecule has 17 heavy (non-hydrogen) atoms. The molecule has 1 heterocycles. The summed E-state index contributed by atoms with van der Waals surface area (Å²) >= 11 is 5.51. The normalized spacial score (nSPS) is 15.4. The van der Waals surface area contributed by atoms with Gasteiger partial charge in [0.25, 0.3) is 11.8 Å². The van der Waals surface area contributed by atoms with Gasteiger partial charge >= 0.3 is 0 Å². The third-order valence-corrected chi connectivity index (χ3v) is 2.82. The van der Waals surface area contributed by atoms with Crippen LogP contribution in [0.2, 0.25) is 0 Å². The van der Waals surface area contributed by atoms with Crippen LogP contribution in [-0.2, 0) is 0 Å². The van der Waals surface area contributed by atoms with Crippen LogP contribution in [0.15, 0.2) is 29.4 Å². The zero-order valence-corrected chi connectivity index (χ0v) is 9.52. The lowest BCUT2D eigenvalue weighted by Gasteiger charge is -2.12. The van der Waals surface area contributed by atoms with Crippen LogP contribution in [0.4, 0.5) is 0 Å². The standard InChI is InChI=1S/C11H9ClN2O3/c12-5-7(13-17)6-14-10(15)8-3-1-2-4-9(8)11(14)16/h1-4,17H,5-6H2/b13-7-. The molecule has 2 rings (SSSR count). The maximum Gasteiger partial charge on any atom is 0.261 e. The molecule has 0 bridgehead atoms. The molecule has 88 valence electrons. The Labute approximate surface area is 102 Å². The van der Waals surface area contributed by atoms with E-state index in [0.717, 1.165) is 4.90 Å². The molecule has 0 saturated heterocycles. The monoisotopic (exact) mass is 252 g/mol. The Hall–Kier alpha value is -1.88. The third kappa shape index (κ3) is 1.89. The van der Waals surface area contributed by atoms with E-state index in [2.05, 4.69) is 5.16 Å². The Kier molecular flexibility index (Phi) is 3.10. The summed E-state index contributed by atoms with van der Waals surface area (Å²) in [6, 6.07) is 6.56. The van der Waals surface area contributed by atoms with Gasteiger partial charge < -0.3 is 5.21 Å². The Bertz CT molecular complexity index is 478. The van der Waals surface area contributed by atoms with Gasteiger partial charge in [-0.1, -0.05) is 17.3 Å². The number of carbonyl (C=O) groups is 2. The van der Waals surface area contributed by atoms with Crippen molar-refractivity contribution in [2.75, 3.05) is 12.4 Å². The molecule has 6 heteroatoms. The fraction of sp³-hybridized carbons (Fsp3) is 0.182. The first-order chi connectivity index (χ1) is 8.19. The number of fused-ring (bicyclic) bond motifs is 1. The zero-order chi connectivity index (χ0) is 12.4. The number of rotatable bonds is 3. The summed E-state index contributed by atoms with van der Waals surface area (Å²) in [5.41, 5.74) is 0.898. The number of amides is 2. The number of oxime groups is 1. The maximum atomic E-state index is 11.9. The van der Waals surface area contributed by atoms with E-state index in [1.54, 1.807) is 24.3 Å². The van der Waals surface area contributed by atoms with E-state index in [1.807, 2.05) is 0 Å². The third-order valence-electron chi connectivity index (χ3n) is 2.51. The maximum absolute atomic E-state index is 11.9. The molecule has 0 fully saturated rings. The molecule has 1 N–H and O–H groups in total. The first kappa shape index (κ1) is 11.6. The molecular weight excluding hydrogens is 244 g/mol. The minimum absolute atomic E-state index is 0.0378. The van der Waals surface area contributed by atoms with Gasteiger partial charge in [0.15, 0.2) is 0 Å². The van der Waals surface area contributed by atoms with E-state index in [1.165, 1.54) is 0 Å². The summed E-state index contributed by atoms with van der Waals surface area (Å²) in [6.45, 7) is -0.0909. The average molecular weight is 253 g/mol. The highest BCUT2D eigenvalue weighted by Crippen LogP contribution is 2.22. The van der Waals surface area contributed by atoms with E-state index >= 15 is 0 Å². The predicted molar refractivity (Wildman–Crippen MR) is 61.8 cm³/mol. The van der Waals surface area contributed by atoms with Gasteiger partial charge in [-0.2, -0.15) is 0 Å². The number of nitrogens with zero attached hydrogens (tertiary/aromatic N) is 2. The van der Waals surface area contributed by atoms with Crippen LogP contribution in [-0.4, -0.2) is 40.1 Å². The van der Waals surface area contributed by atoms with Gasteiger partial charge in [0.2, 0.25) is 0 Å². The van der Waals surface area contributed by atoms with Crippen molar-refractivity contribution in [1.82, 2.24) is 4.90 Å². The van der Waals surface area contributed by atoms with E-state index in [9.17, 15) is 9.59 Å². The van der Waals surface area contributed by atoms with Crippen molar-refractivity contribution < 1.29 is 14.8 Å². The van der Waals surface area contributed by atoms with Crippen LogP contribution in [0, 0.1) is 0 Å². The lowest BCUT2D eigenvalue weighted by Crippen LogP contribution is -2.35. The summed E-state index contributed by atoms with van der Waals surface area (Å²) in [7, 11) is 0. The number of hydrogen-bond donors (Lipinski definition) is 1. The molecule has 0 radical (unpaired) electrons. The minimum atomic E-state index is -0.392. The Morgan fingerprint density at radius 1 is 1.24 bits per heavy atom.